The van der Waals surface area contributed by atoms with Crippen molar-refractivity contribution in [2.45, 2.75) is 47.1 Å². The molecule has 0 fully saturated rings. The summed E-state index contributed by atoms with van der Waals surface area (Å²) in [5, 5.41) is -4.11. The summed E-state index contributed by atoms with van der Waals surface area (Å²) >= 11 is 1.29. The van der Waals surface area contributed by atoms with Crippen LogP contribution in [0.15, 0.2) is 56.1 Å². The van der Waals surface area contributed by atoms with Gasteiger partial charge in [-0.05, 0) is 74.0 Å². The topological polar surface area (TPSA) is 15.6 Å². The van der Waals surface area contributed by atoms with Gasteiger partial charge in [-0.15, -0.1) is 0 Å². The first-order valence-corrected chi connectivity index (χ1v) is 10.2. The van der Waals surface area contributed by atoms with Crippen LogP contribution in [0.3, 0.4) is 0 Å². The first-order chi connectivity index (χ1) is 13.1. The molecule has 0 atom stereocenters. The minimum absolute atomic E-state index is 0.105. The smallest absolute Gasteiger partial charge is 0.357 e. The molecule has 2 aromatic rings. The van der Waals surface area contributed by atoms with Crippen molar-refractivity contribution < 1.29 is 17.6 Å². The second kappa shape index (κ2) is 9.69. The predicted octanol–water partition coefficient (Wildman–Crippen LogP) is 7.02. The van der Waals surface area contributed by atoms with Crippen molar-refractivity contribution >= 4 is 35.5 Å². The van der Waals surface area contributed by atoms with Crippen molar-refractivity contribution in [1.29, 1.82) is 0 Å². The van der Waals surface area contributed by atoms with Gasteiger partial charge in [0, 0.05) is 28.3 Å². The molecule has 8 heteroatoms. The van der Waals surface area contributed by atoms with Crippen molar-refractivity contribution in [3.8, 4) is 0 Å². The Morgan fingerprint density at radius 1 is 1.11 bits per heavy atom. The van der Waals surface area contributed by atoms with E-state index in [4.69, 9.17) is 0 Å². The molecule has 0 saturated heterocycles. The third-order valence-electron chi connectivity index (χ3n) is 3.93. The minimum atomic E-state index is -4.11. The molecule has 2 rings (SSSR count). The monoisotopic (exact) mass is 430 g/mol. The number of nitrogens with zero attached hydrogens (tertiary/aromatic N) is 2. The van der Waals surface area contributed by atoms with Crippen LogP contribution in [-0.2, 0) is 0 Å². The Morgan fingerprint density at radius 2 is 1.79 bits per heavy atom. The standard InChI is InChI=1S/C20H22F4N2S2/c1-5-26(4)12-25-17-9-14(3)18(10-13(17)2)27-15-7-6-8-16(11-15)28-20(23,24)19(21)22/h6-12,19H,5H2,1-4H3/b25-12+. The van der Waals surface area contributed by atoms with E-state index in [0.29, 0.717) is 4.90 Å². The SMILES string of the molecule is CCN(C)/C=N/c1cc(C)c(Sc2cccc(SC(F)(F)C(F)F)c2)cc1C. The number of aliphatic imine (C=N–C) groups is 1. The maximum atomic E-state index is 13.3. The van der Waals surface area contributed by atoms with Crippen molar-refractivity contribution in [1.82, 2.24) is 4.90 Å². The van der Waals surface area contributed by atoms with E-state index in [9.17, 15) is 17.6 Å². The third kappa shape index (κ3) is 6.17. The van der Waals surface area contributed by atoms with Gasteiger partial charge in [-0.3, -0.25) is 0 Å². The molecule has 0 radical (unpaired) electrons. The normalized spacial score (nSPS) is 12.2. The van der Waals surface area contributed by atoms with Gasteiger partial charge < -0.3 is 4.90 Å². The summed E-state index contributed by atoms with van der Waals surface area (Å²) in [5.41, 5.74) is 2.85. The molecule has 0 aliphatic heterocycles. The highest BCUT2D eigenvalue weighted by molar-refractivity contribution is 8.00. The van der Waals surface area contributed by atoms with Crippen LogP contribution in [0.5, 0.6) is 0 Å². The first kappa shape index (κ1) is 22.6. The Labute approximate surface area is 171 Å². The van der Waals surface area contributed by atoms with E-state index in [0.717, 1.165) is 28.3 Å². The molecule has 0 spiro atoms. The zero-order valence-corrected chi connectivity index (χ0v) is 17.7. The molecule has 2 aromatic carbocycles. The molecule has 2 nitrogen and oxygen atoms in total. The van der Waals surface area contributed by atoms with Crippen LogP contribution in [0.2, 0.25) is 0 Å². The molecule has 0 aromatic heterocycles. The number of aryl methyl sites for hydroxylation is 2. The number of thioether (sulfide) groups is 1. The fourth-order valence-corrected chi connectivity index (χ4v) is 4.05. The van der Waals surface area contributed by atoms with Gasteiger partial charge >= 0.3 is 11.7 Å². The number of rotatable bonds is 8. The number of alkyl halides is 4. The minimum Gasteiger partial charge on any atom is -0.366 e. The second-order valence-electron chi connectivity index (χ2n) is 6.26. The molecule has 152 valence electrons. The number of halogens is 4. The van der Waals surface area contributed by atoms with E-state index in [2.05, 4.69) is 4.99 Å². The first-order valence-electron chi connectivity index (χ1n) is 8.61. The zero-order chi connectivity index (χ0) is 20.9. The lowest BCUT2D eigenvalue weighted by Crippen LogP contribution is -2.21. The third-order valence-corrected chi connectivity index (χ3v) is 6.02. The zero-order valence-electron chi connectivity index (χ0n) is 16.0. The van der Waals surface area contributed by atoms with E-state index in [1.807, 2.05) is 44.9 Å². The molecule has 28 heavy (non-hydrogen) atoms. The van der Waals surface area contributed by atoms with E-state index in [-0.39, 0.29) is 16.7 Å². The quantitative estimate of drug-likeness (QED) is 0.194. The van der Waals surface area contributed by atoms with Crippen LogP contribution in [0.1, 0.15) is 18.1 Å². The van der Waals surface area contributed by atoms with Gasteiger partial charge in [0.15, 0.2) is 0 Å². The van der Waals surface area contributed by atoms with Gasteiger partial charge in [0.2, 0.25) is 0 Å². The van der Waals surface area contributed by atoms with Crippen molar-refractivity contribution in [2.75, 3.05) is 13.6 Å². The van der Waals surface area contributed by atoms with E-state index < -0.39 is 11.7 Å². The van der Waals surface area contributed by atoms with Gasteiger partial charge in [0.25, 0.3) is 0 Å². The average Bonchev–Trinajstić information content (AvgIpc) is 2.62. The lowest BCUT2D eigenvalue weighted by atomic mass is 10.1. The fraction of sp³-hybridized carbons (Fsp3) is 0.350. The lowest BCUT2D eigenvalue weighted by Gasteiger charge is -2.15. The summed E-state index contributed by atoms with van der Waals surface area (Å²) in [6.45, 7) is 6.80. The Morgan fingerprint density at radius 3 is 2.43 bits per heavy atom. The number of hydrogen-bond acceptors (Lipinski definition) is 3. The summed E-state index contributed by atoms with van der Waals surface area (Å²) in [5.74, 6) is 0. The van der Waals surface area contributed by atoms with Crippen LogP contribution in [0, 0.1) is 13.8 Å². The maximum absolute atomic E-state index is 13.3. The highest BCUT2D eigenvalue weighted by Gasteiger charge is 2.41. The summed E-state index contributed by atoms with van der Waals surface area (Å²) in [7, 11) is 1.94. The van der Waals surface area contributed by atoms with Crippen molar-refractivity contribution in [3.05, 3.63) is 47.5 Å². The molecular weight excluding hydrogens is 408 g/mol. The molecule has 0 aliphatic carbocycles. The molecule has 0 unspecified atom stereocenters. The summed E-state index contributed by atoms with van der Waals surface area (Å²) in [6.07, 6.45) is -1.93. The van der Waals surface area contributed by atoms with Gasteiger partial charge in [-0.25, -0.2) is 13.8 Å². The predicted molar refractivity (Wildman–Crippen MR) is 110 cm³/mol. The van der Waals surface area contributed by atoms with Gasteiger partial charge in [-0.1, -0.05) is 17.8 Å². The Balaban J connectivity index is 2.21. The average molecular weight is 431 g/mol. The molecular formula is C20H22F4N2S2. The van der Waals surface area contributed by atoms with E-state index in [1.165, 1.54) is 23.9 Å². The molecule has 0 amide bonds. The fourth-order valence-electron chi connectivity index (χ4n) is 2.20. The van der Waals surface area contributed by atoms with Crippen LogP contribution >= 0.6 is 23.5 Å². The van der Waals surface area contributed by atoms with Crippen LogP contribution in [0.25, 0.3) is 0 Å². The van der Waals surface area contributed by atoms with Crippen LogP contribution in [-0.4, -0.2) is 36.5 Å². The summed E-state index contributed by atoms with van der Waals surface area (Å²) < 4.78 is 51.4. The van der Waals surface area contributed by atoms with Gasteiger partial charge in [-0.2, -0.15) is 8.78 Å². The maximum Gasteiger partial charge on any atom is 0.357 e. The van der Waals surface area contributed by atoms with Crippen LogP contribution < -0.4 is 0 Å². The van der Waals surface area contributed by atoms with Crippen molar-refractivity contribution in [3.63, 3.8) is 0 Å². The van der Waals surface area contributed by atoms with E-state index in [1.54, 1.807) is 18.5 Å². The Kier molecular flexibility index (Phi) is 7.83. The van der Waals surface area contributed by atoms with Gasteiger partial charge in [0.05, 0.1) is 12.0 Å². The van der Waals surface area contributed by atoms with Crippen LogP contribution in [0.4, 0.5) is 23.2 Å². The summed E-state index contributed by atoms with van der Waals surface area (Å²) in [4.78, 5) is 8.23. The van der Waals surface area contributed by atoms with E-state index >= 15 is 0 Å². The van der Waals surface area contributed by atoms with Gasteiger partial charge in [0.1, 0.15) is 0 Å². The molecule has 0 saturated carbocycles. The molecule has 0 heterocycles. The molecule has 0 aliphatic rings. The Bertz CT molecular complexity index is 841. The lowest BCUT2D eigenvalue weighted by molar-refractivity contribution is -0.0563. The highest BCUT2D eigenvalue weighted by Crippen LogP contribution is 2.42. The molecule has 0 N–H and O–H groups in total. The van der Waals surface area contributed by atoms with Crippen molar-refractivity contribution in [2.24, 2.45) is 4.99 Å². The number of hydrogen-bond donors (Lipinski definition) is 0. The second-order valence-corrected chi connectivity index (χ2v) is 8.60. The highest BCUT2D eigenvalue weighted by atomic mass is 32.2. The Hall–Kier alpha value is -1.67. The summed E-state index contributed by atoms with van der Waals surface area (Å²) in [6, 6.07) is 10.2. The largest absolute Gasteiger partial charge is 0.366 e. The molecule has 0 bridgehead atoms. The number of benzene rings is 2.